The van der Waals surface area contributed by atoms with Gasteiger partial charge in [0, 0.05) is 11.4 Å². The summed E-state index contributed by atoms with van der Waals surface area (Å²) in [5.74, 6) is 1.01. The highest BCUT2D eigenvalue weighted by Crippen LogP contribution is 2.20. The van der Waals surface area contributed by atoms with Gasteiger partial charge in [-0.15, -0.1) is 11.6 Å². The van der Waals surface area contributed by atoms with Gasteiger partial charge in [0.2, 0.25) is 0 Å². The number of rotatable bonds is 7. The van der Waals surface area contributed by atoms with E-state index >= 15 is 0 Å². The molecule has 0 spiro atoms. The summed E-state index contributed by atoms with van der Waals surface area (Å²) in [6, 6.07) is 7.23. The first-order valence-electron chi connectivity index (χ1n) is 7.11. The molecule has 0 heterocycles. The van der Waals surface area contributed by atoms with E-state index in [1.165, 1.54) is 0 Å². The Bertz CT molecular complexity index is 434. The third kappa shape index (κ3) is 4.41. The van der Waals surface area contributed by atoms with Crippen LogP contribution in [0.1, 0.15) is 50.9 Å². The molecule has 0 bridgehead atoms. The van der Waals surface area contributed by atoms with Crippen LogP contribution in [-0.2, 0) is 0 Å². The van der Waals surface area contributed by atoms with Gasteiger partial charge in [0.15, 0.2) is 0 Å². The standard InChI is InChI=1S/C16H24ClNO2/c1-5-16(6-2,11-17)18-15(19)13-8-7-9-14(10-13)20-12(3)4/h7-10,12H,5-6,11H2,1-4H3,(H,18,19). The third-order valence-electron chi connectivity index (χ3n) is 3.46. The molecule has 112 valence electrons. The summed E-state index contributed by atoms with van der Waals surface area (Å²) >= 11 is 6.02. The number of carbonyl (C=O) groups excluding carboxylic acids is 1. The van der Waals surface area contributed by atoms with E-state index in [0.29, 0.717) is 17.2 Å². The number of amides is 1. The van der Waals surface area contributed by atoms with Crippen LogP contribution in [0.5, 0.6) is 5.75 Å². The van der Waals surface area contributed by atoms with Crippen LogP contribution in [0.25, 0.3) is 0 Å². The zero-order valence-electron chi connectivity index (χ0n) is 12.7. The molecule has 1 aromatic rings. The quantitative estimate of drug-likeness (QED) is 0.773. The predicted molar refractivity (Wildman–Crippen MR) is 83.7 cm³/mol. The average molecular weight is 298 g/mol. The zero-order chi connectivity index (χ0) is 15.2. The molecular weight excluding hydrogens is 274 g/mol. The highest BCUT2D eigenvalue weighted by Gasteiger charge is 2.27. The first-order chi connectivity index (χ1) is 9.46. The lowest BCUT2D eigenvalue weighted by Gasteiger charge is -2.30. The number of hydrogen-bond acceptors (Lipinski definition) is 2. The van der Waals surface area contributed by atoms with Gasteiger partial charge in [0.05, 0.1) is 11.6 Å². The Balaban J connectivity index is 2.86. The summed E-state index contributed by atoms with van der Waals surface area (Å²) in [6.07, 6.45) is 1.70. The fourth-order valence-electron chi connectivity index (χ4n) is 1.94. The number of benzene rings is 1. The minimum absolute atomic E-state index is 0.0847. The largest absolute Gasteiger partial charge is 0.491 e. The molecule has 1 aromatic carbocycles. The zero-order valence-corrected chi connectivity index (χ0v) is 13.5. The molecule has 0 atom stereocenters. The van der Waals surface area contributed by atoms with Gasteiger partial charge >= 0.3 is 0 Å². The highest BCUT2D eigenvalue weighted by atomic mass is 35.5. The van der Waals surface area contributed by atoms with E-state index in [0.717, 1.165) is 12.8 Å². The third-order valence-corrected chi connectivity index (χ3v) is 3.97. The topological polar surface area (TPSA) is 38.3 Å². The molecule has 0 aromatic heterocycles. The molecular formula is C16H24ClNO2. The Kier molecular flexibility index (Phi) is 6.34. The number of carbonyl (C=O) groups is 1. The first kappa shape index (κ1) is 16.8. The molecule has 1 N–H and O–H groups in total. The van der Waals surface area contributed by atoms with Gasteiger partial charge in [-0.3, -0.25) is 4.79 Å². The van der Waals surface area contributed by atoms with E-state index in [4.69, 9.17) is 16.3 Å². The highest BCUT2D eigenvalue weighted by molar-refractivity contribution is 6.19. The monoisotopic (exact) mass is 297 g/mol. The normalized spacial score (nSPS) is 11.5. The molecule has 0 fully saturated rings. The molecule has 0 saturated heterocycles. The van der Waals surface area contributed by atoms with Crippen LogP contribution < -0.4 is 10.1 Å². The Hall–Kier alpha value is -1.22. The van der Waals surface area contributed by atoms with Crippen LogP contribution in [0.2, 0.25) is 0 Å². The summed E-state index contributed by atoms with van der Waals surface area (Å²) in [7, 11) is 0. The van der Waals surface area contributed by atoms with Crippen LogP contribution >= 0.6 is 11.6 Å². The van der Waals surface area contributed by atoms with E-state index in [2.05, 4.69) is 5.32 Å². The van der Waals surface area contributed by atoms with Crippen molar-refractivity contribution < 1.29 is 9.53 Å². The van der Waals surface area contributed by atoms with Crippen molar-refractivity contribution in [3.8, 4) is 5.75 Å². The van der Waals surface area contributed by atoms with Crippen molar-refractivity contribution in [3.05, 3.63) is 29.8 Å². The van der Waals surface area contributed by atoms with Crippen molar-refractivity contribution in [2.45, 2.75) is 52.2 Å². The lowest BCUT2D eigenvalue weighted by Crippen LogP contribution is -2.49. The van der Waals surface area contributed by atoms with E-state index < -0.39 is 0 Å². The smallest absolute Gasteiger partial charge is 0.251 e. The van der Waals surface area contributed by atoms with E-state index in [1.54, 1.807) is 12.1 Å². The molecule has 0 radical (unpaired) electrons. The molecule has 3 nitrogen and oxygen atoms in total. The number of nitrogens with one attached hydrogen (secondary N) is 1. The summed E-state index contributed by atoms with van der Waals surface area (Å²) < 4.78 is 5.61. The SMILES string of the molecule is CCC(CC)(CCl)NC(=O)c1cccc(OC(C)C)c1. The van der Waals surface area contributed by atoms with Gasteiger partial charge in [0.25, 0.3) is 5.91 Å². The van der Waals surface area contributed by atoms with Crippen LogP contribution in [0.3, 0.4) is 0 Å². The van der Waals surface area contributed by atoms with Crippen molar-refractivity contribution in [3.63, 3.8) is 0 Å². The van der Waals surface area contributed by atoms with Crippen molar-refractivity contribution in [1.29, 1.82) is 0 Å². The van der Waals surface area contributed by atoms with Crippen molar-refractivity contribution in [1.82, 2.24) is 5.32 Å². The van der Waals surface area contributed by atoms with Crippen LogP contribution in [-0.4, -0.2) is 23.4 Å². The second-order valence-corrected chi connectivity index (χ2v) is 5.54. The second-order valence-electron chi connectivity index (χ2n) is 5.27. The van der Waals surface area contributed by atoms with E-state index in [1.807, 2.05) is 39.8 Å². The van der Waals surface area contributed by atoms with Crippen LogP contribution in [0, 0.1) is 0 Å². The second kappa shape index (κ2) is 7.53. The summed E-state index contributed by atoms with van der Waals surface area (Å²) in [6.45, 7) is 7.98. The predicted octanol–water partition coefficient (Wildman–Crippen LogP) is 4.00. The number of alkyl halides is 1. The molecule has 0 aliphatic carbocycles. The van der Waals surface area contributed by atoms with Crippen molar-refractivity contribution in [2.75, 3.05) is 5.88 Å². The lowest BCUT2D eigenvalue weighted by molar-refractivity contribution is 0.0901. The van der Waals surface area contributed by atoms with Gasteiger partial charge in [0.1, 0.15) is 5.75 Å². The van der Waals surface area contributed by atoms with Crippen LogP contribution in [0.4, 0.5) is 0 Å². The average Bonchev–Trinajstić information content (AvgIpc) is 2.44. The van der Waals surface area contributed by atoms with Crippen molar-refractivity contribution in [2.24, 2.45) is 0 Å². The van der Waals surface area contributed by atoms with E-state index in [9.17, 15) is 4.79 Å². The molecule has 0 aliphatic heterocycles. The maximum Gasteiger partial charge on any atom is 0.251 e. The van der Waals surface area contributed by atoms with Crippen molar-refractivity contribution >= 4 is 17.5 Å². The fourth-order valence-corrected chi connectivity index (χ4v) is 2.39. The molecule has 4 heteroatoms. The Labute approximate surface area is 126 Å². The Morgan fingerprint density at radius 1 is 1.35 bits per heavy atom. The lowest BCUT2D eigenvalue weighted by atomic mass is 9.94. The summed E-state index contributed by atoms with van der Waals surface area (Å²) in [5, 5.41) is 3.05. The molecule has 20 heavy (non-hydrogen) atoms. The first-order valence-corrected chi connectivity index (χ1v) is 7.65. The van der Waals surface area contributed by atoms with Gasteiger partial charge in [-0.2, -0.15) is 0 Å². The Morgan fingerprint density at radius 3 is 2.50 bits per heavy atom. The number of hydrogen-bond donors (Lipinski definition) is 1. The molecule has 0 saturated carbocycles. The van der Waals surface area contributed by atoms with Crippen LogP contribution in [0.15, 0.2) is 24.3 Å². The molecule has 0 aliphatic rings. The van der Waals surface area contributed by atoms with E-state index in [-0.39, 0.29) is 17.6 Å². The minimum Gasteiger partial charge on any atom is -0.491 e. The Morgan fingerprint density at radius 2 is 2.00 bits per heavy atom. The maximum atomic E-state index is 12.3. The number of halogens is 1. The fraction of sp³-hybridized carbons (Fsp3) is 0.562. The van der Waals surface area contributed by atoms with Gasteiger partial charge in [-0.25, -0.2) is 0 Å². The molecule has 1 amide bonds. The number of ether oxygens (including phenoxy) is 1. The summed E-state index contributed by atoms with van der Waals surface area (Å²) in [4.78, 5) is 12.3. The molecule has 1 rings (SSSR count). The van der Waals surface area contributed by atoms with Gasteiger partial charge < -0.3 is 10.1 Å². The maximum absolute atomic E-state index is 12.3. The molecule has 0 unspecified atom stereocenters. The minimum atomic E-state index is -0.340. The summed E-state index contributed by atoms with van der Waals surface area (Å²) in [5.41, 5.74) is 0.257. The van der Waals surface area contributed by atoms with Gasteiger partial charge in [-0.05, 0) is 44.9 Å². The van der Waals surface area contributed by atoms with Gasteiger partial charge in [-0.1, -0.05) is 19.9 Å².